The highest BCUT2D eigenvalue weighted by Crippen LogP contribution is 2.31. The van der Waals surface area contributed by atoms with Gasteiger partial charge in [0, 0.05) is 23.9 Å². The number of imide groups is 1. The molecule has 0 saturated carbocycles. The van der Waals surface area contributed by atoms with Crippen LogP contribution in [-0.4, -0.2) is 45.8 Å². The summed E-state index contributed by atoms with van der Waals surface area (Å²) in [7, 11) is 0. The molecule has 1 N–H and O–H groups in total. The number of aromatic amines is 1. The van der Waals surface area contributed by atoms with Gasteiger partial charge >= 0.3 is 5.91 Å². The Morgan fingerprint density at radius 3 is 2.53 bits per heavy atom. The zero-order chi connectivity index (χ0) is 25.4. The van der Waals surface area contributed by atoms with E-state index in [4.69, 9.17) is 4.74 Å². The summed E-state index contributed by atoms with van der Waals surface area (Å²) in [5.74, 6) is -1.40. The number of aryl methyl sites for hydroxylation is 2. The molecule has 1 unspecified atom stereocenters. The van der Waals surface area contributed by atoms with Crippen molar-refractivity contribution in [1.29, 1.82) is 0 Å². The predicted molar refractivity (Wildman–Crippen MR) is 131 cm³/mol. The number of hydrogen-bond donors (Lipinski definition) is 1. The monoisotopic (exact) mass is 491 g/mol. The molecule has 2 amide bonds. The van der Waals surface area contributed by atoms with Crippen molar-refractivity contribution >= 4 is 23.1 Å². The number of aromatic nitrogens is 3. The summed E-state index contributed by atoms with van der Waals surface area (Å²) in [5, 5.41) is 3.06. The molecule has 0 spiro atoms. The van der Waals surface area contributed by atoms with Gasteiger partial charge in [-0.25, -0.2) is 9.07 Å². The van der Waals surface area contributed by atoms with Crippen LogP contribution in [0.2, 0.25) is 0 Å². The molecule has 0 radical (unpaired) electrons. The van der Waals surface area contributed by atoms with E-state index in [-0.39, 0.29) is 29.5 Å². The van der Waals surface area contributed by atoms with Crippen LogP contribution < -0.4 is 10.1 Å². The lowest BCUT2D eigenvalue weighted by atomic mass is 10.0. The Morgan fingerprint density at radius 1 is 1.08 bits per heavy atom. The first kappa shape index (κ1) is 23.9. The number of benzene rings is 1. The van der Waals surface area contributed by atoms with Crippen molar-refractivity contribution < 1.29 is 23.3 Å². The number of nitrogens with one attached hydrogen (secondary N) is 1. The van der Waals surface area contributed by atoms with Gasteiger partial charge in [0.05, 0.1) is 23.9 Å². The molecule has 3 aromatic rings. The molecule has 2 aliphatic heterocycles. The predicted octanol–water partition coefficient (Wildman–Crippen LogP) is 2.63. The van der Waals surface area contributed by atoms with Crippen molar-refractivity contribution in [3.63, 3.8) is 0 Å². The van der Waals surface area contributed by atoms with Crippen LogP contribution in [0, 0.1) is 5.82 Å². The Kier molecular flexibility index (Phi) is 6.40. The van der Waals surface area contributed by atoms with Crippen LogP contribution in [0.1, 0.15) is 43.5 Å². The molecule has 4 heterocycles. The van der Waals surface area contributed by atoms with Crippen molar-refractivity contribution in [3.8, 4) is 5.69 Å². The van der Waals surface area contributed by atoms with Gasteiger partial charge in [-0.3, -0.25) is 24.4 Å². The first-order valence-electron chi connectivity index (χ1n) is 12.3. The molecule has 0 bridgehead atoms. The molecule has 5 rings (SSSR count). The molecule has 8 nitrogen and oxygen atoms in total. The lowest BCUT2D eigenvalue weighted by Gasteiger charge is -2.18. The zero-order valence-corrected chi connectivity index (χ0v) is 20.3. The molecule has 9 heteroatoms. The van der Waals surface area contributed by atoms with Gasteiger partial charge in [-0.05, 0) is 56.0 Å². The van der Waals surface area contributed by atoms with Crippen LogP contribution in [0.4, 0.5) is 4.39 Å². The Hall–Kier alpha value is -3.85. The number of hydrogen-bond acceptors (Lipinski definition) is 4. The summed E-state index contributed by atoms with van der Waals surface area (Å²) in [6.45, 7) is 4.60. The molecule has 36 heavy (non-hydrogen) atoms. The van der Waals surface area contributed by atoms with Crippen molar-refractivity contribution in [2.24, 2.45) is 0 Å². The Labute approximate surface area is 207 Å². The summed E-state index contributed by atoms with van der Waals surface area (Å²) in [4.78, 5) is 42.4. The van der Waals surface area contributed by atoms with Crippen molar-refractivity contribution in [2.45, 2.75) is 45.6 Å². The number of nitrogens with zero attached hydrogens (tertiary/aromatic N) is 3. The highest BCUT2D eigenvalue weighted by Gasteiger charge is 2.48. The fourth-order valence-corrected chi connectivity index (χ4v) is 4.83. The van der Waals surface area contributed by atoms with E-state index in [0.29, 0.717) is 24.4 Å². The number of amides is 2. The number of pyridine rings is 1. The maximum absolute atomic E-state index is 13.8. The lowest BCUT2D eigenvalue weighted by molar-refractivity contribution is -0.577. The van der Waals surface area contributed by atoms with E-state index in [1.165, 1.54) is 33.8 Å². The lowest BCUT2D eigenvalue weighted by Crippen LogP contribution is -2.42. The summed E-state index contributed by atoms with van der Waals surface area (Å²) in [6, 6.07) is 9.25. The molecule has 1 saturated heterocycles. The molecule has 1 fully saturated rings. The number of ether oxygens (including phenoxy) is 1. The molecule has 0 aliphatic carbocycles. The van der Waals surface area contributed by atoms with Gasteiger partial charge in [-0.1, -0.05) is 13.8 Å². The Balaban J connectivity index is 1.70. The first-order chi connectivity index (χ1) is 17.4. The maximum atomic E-state index is 13.8. The van der Waals surface area contributed by atoms with Gasteiger partial charge in [-0.15, -0.1) is 0 Å². The Morgan fingerprint density at radius 2 is 1.86 bits per heavy atom. The van der Waals surface area contributed by atoms with Gasteiger partial charge in [0.15, 0.2) is 12.4 Å². The van der Waals surface area contributed by atoms with E-state index in [1.54, 1.807) is 10.8 Å². The highest BCUT2D eigenvalue weighted by atomic mass is 19.1. The van der Waals surface area contributed by atoms with E-state index >= 15 is 0 Å². The van der Waals surface area contributed by atoms with Gasteiger partial charge in [0.25, 0.3) is 17.2 Å². The zero-order valence-electron chi connectivity index (χ0n) is 20.3. The van der Waals surface area contributed by atoms with Crippen molar-refractivity contribution in [1.82, 2.24) is 14.7 Å². The average molecular weight is 492 g/mol. The minimum absolute atomic E-state index is 0.0650. The van der Waals surface area contributed by atoms with E-state index < -0.39 is 23.2 Å². The van der Waals surface area contributed by atoms with Gasteiger partial charge in [-0.2, -0.15) is 4.57 Å². The number of rotatable bonds is 7. The SMILES string of the molecule is CCc1ccc[n+](C2=C(c3c(CC)[nH]n(-c4ccc(F)cc4)c3=O)C(=O)N(CC3CCCO3)C2=O)c1. The normalized spacial score (nSPS) is 18.1. The van der Waals surface area contributed by atoms with E-state index in [1.807, 2.05) is 32.2 Å². The fraction of sp³-hybridized carbons (Fsp3) is 0.333. The van der Waals surface area contributed by atoms with Crippen LogP contribution in [0.25, 0.3) is 17.0 Å². The van der Waals surface area contributed by atoms with E-state index in [0.717, 1.165) is 24.8 Å². The highest BCUT2D eigenvalue weighted by molar-refractivity contribution is 6.44. The van der Waals surface area contributed by atoms with Crippen LogP contribution in [-0.2, 0) is 27.2 Å². The fourth-order valence-electron chi connectivity index (χ4n) is 4.83. The quantitative estimate of drug-likeness (QED) is 0.407. The second-order valence-corrected chi connectivity index (χ2v) is 8.99. The molecule has 2 aromatic heterocycles. The van der Waals surface area contributed by atoms with E-state index in [9.17, 15) is 18.8 Å². The standard InChI is InChI=1S/C27H27FN4O4/c1-3-17-7-5-13-30(15-17)24-23(25(33)31(27(24)35)16-20-8-6-14-36-20)22-21(4-2)29-32(26(22)34)19-11-9-18(28)10-12-19/h5,7,9-13,15,20H,3-4,6,8,14,16H2,1-2H3/p+1. The first-order valence-corrected chi connectivity index (χ1v) is 12.3. The topological polar surface area (TPSA) is 88.3 Å². The largest absolute Gasteiger partial charge is 0.376 e. The maximum Gasteiger partial charge on any atom is 0.327 e. The second-order valence-electron chi connectivity index (χ2n) is 8.99. The molecule has 186 valence electrons. The Bertz CT molecular complexity index is 1410. The summed E-state index contributed by atoms with van der Waals surface area (Å²) in [5.41, 5.74) is 1.82. The molecular weight excluding hydrogens is 463 g/mol. The number of H-pyrrole nitrogens is 1. The summed E-state index contributed by atoms with van der Waals surface area (Å²) >= 11 is 0. The molecular formula is C27H28FN4O4+. The number of carbonyl (C=O) groups excluding carboxylic acids is 2. The number of halogens is 1. The minimum Gasteiger partial charge on any atom is -0.376 e. The van der Waals surface area contributed by atoms with Gasteiger partial charge < -0.3 is 4.74 Å². The molecule has 2 aliphatic rings. The van der Waals surface area contributed by atoms with Crippen LogP contribution in [0.3, 0.4) is 0 Å². The van der Waals surface area contributed by atoms with Gasteiger partial charge in [0.2, 0.25) is 0 Å². The molecule has 1 aromatic carbocycles. The van der Waals surface area contributed by atoms with Crippen LogP contribution in [0.15, 0.2) is 53.6 Å². The average Bonchev–Trinajstić information content (AvgIpc) is 3.58. The third-order valence-electron chi connectivity index (χ3n) is 6.74. The van der Waals surface area contributed by atoms with Crippen molar-refractivity contribution in [3.05, 3.63) is 81.8 Å². The van der Waals surface area contributed by atoms with Gasteiger partial charge in [0.1, 0.15) is 11.4 Å². The van der Waals surface area contributed by atoms with Crippen molar-refractivity contribution in [2.75, 3.05) is 13.2 Å². The summed E-state index contributed by atoms with van der Waals surface area (Å²) in [6.07, 6.45) is 6.11. The van der Waals surface area contributed by atoms with E-state index in [2.05, 4.69) is 5.10 Å². The number of carbonyl (C=O) groups is 2. The third kappa shape index (κ3) is 4.09. The summed E-state index contributed by atoms with van der Waals surface area (Å²) < 4.78 is 22.1. The van der Waals surface area contributed by atoms with Crippen LogP contribution >= 0.6 is 0 Å². The van der Waals surface area contributed by atoms with Crippen LogP contribution in [0.5, 0.6) is 0 Å². The smallest absolute Gasteiger partial charge is 0.327 e. The second kappa shape index (κ2) is 9.66. The minimum atomic E-state index is -0.517. The molecule has 1 atom stereocenters. The third-order valence-corrected chi connectivity index (χ3v) is 6.74.